The van der Waals surface area contributed by atoms with Crippen LogP contribution in [-0.2, 0) is 13.6 Å². The number of halogens is 1. The van der Waals surface area contributed by atoms with Gasteiger partial charge in [0.1, 0.15) is 17.7 Å². The molecule has 0 radical (unpaired) electrons. The number of aryl methyl sites for hydroxylation is 1. The summed E-state index contributed by atoms with van der Waals surface area (Å²) in [6, 6.07) is 9.71. The minimum absolute atomic E-state index is 0.113. The Labute approximate surface area is 137 Å². The summed E-state index contributed by atoms with van der Waals surface area (Å²) in [6.45, 7) is 0.537. The van der Waals surface area contributed by atoms with E-state index in [-0.39, 0.29) is 16.6 Å². The molecule has 1 N–H and O–H groups in total. The average molecular weight is 331 g/mol. The summed E-state index contributed by atoms with van der Waals surface area (Å²) in [5, 5.41) is 11.5. The molecule has 2 heterocycles. The van der Waals surface area contributed by atoms with Crippen LogP contribution in [-0.4, -0.2) is 24.5 Å². The highest BCUT2D eigenvalue weighted by molar-refractivity contribution is 6.32. The Bertz CT molecular complexity index is 831. The Morgan fingerprint density at radius 1 is 1.26 bits per heavy atom. The normalized spacial score (nSPS) is 12.1. The van der Waals surface area contributed by atoms with E-state index in [2.05, 4.69) is 20.5 Å². The number of nitrogens with zero attached hydrogens (tertiary/aromatic N) is 5. The number of rotatable bonds is 5. The van der Waals surface area contributed by atoms with Crippen LogP contribution in [0.2, 0.25) is 5.02 Å². The molecule has 0 unspecified atom stereocenters. The molecule has 1 aromatic carbocycles. The molecule has 0 spiro atoms. The fourth-order valence-electron chi connectivity index (χ4n) is 2.23. The monoisotopic (exact) mass is 330 g/mol. The Morgan fingerprint density at radius 2 is 2.04 bits per heavy atom. The molecule has 0 saturated carbocycles. The maximum Gasteiger partial charge on any atom is 0.287 e. The number of hydrogen-bond acceptors (Lipinski definition) is 5. The van der Waals surface area contributed by atoms with Crippen molar-refractivity contribution in [1.29, 1.82) is 0 Å². The zero-order valence-corrected chi connectivity index (χ0v) is 13.2. The second-order valence-corrected chi connectivity index (χ2v) is 5.40. The Hall–Kier alpha value is -2.67. The molecule has 2 aromatic heterocycles. The van der Waals surface area contributed by atoms with Gasteiger partial charge in [0.15, 0.2) is 0 Å². The average Bonchev–Trinajstić information content (AvgIpc) is 3.08. The van der Waals surface area contributed by atoms with Crippen LogP contribution < -0.4 is 10.9 Å². The largest absolute Gasteiger partial charge is 0.374 e. The van der Waals surface area contributed by atoms with Crippen molar-refractivity contribution in [2.75, 3.05) is 5.32 Å². The molecule has 0 aliphatic carbocycles. The summed E-state index contributed by atoms with van der Waals surface area (Å²) < 4.78 is 2.91. The number of nitrogens with one attached hydrogen (secondary N) is 1. The van der Waals surface area contributed by atoms with Gasteiger partial charge in [-0.15, -0.1) is 0 Å². The molecule has 0 saturated heterocycles. The van der Waals surface area contributed by atoms with Crippen molar-refractivity contribution in [3.63, 3.8) is 0 Å². The standard InChI is InChI=1S/C15H15ClN6O/c1-21-15(23)14(16)12(7-18-21)20-13(8-22-10-17-9-19-22)11-5-3-2-4-6-11/h2-7,9-10,13,20H,8H2,1H3/t13-/m1/s1. The van der Waals surface area contributed by atoms with Crippen molar-refractivity contribution in [2.45, 2.75) is 12.6 Å². The van der Waals surface area contributed by atoms with Crippen molar-refractivity contribution < 1.29 is 0 Å². The topological polar surface area (TPSA) is 77.6 Å². The van der Waals surface area contributed by atoms with E-state index in [4.69, 9.17) is 11.6 Å². The molecule has 1 atom stereocenters. The van der Waals surface area contributed by atoms with Crippen LogP contribution in [0.15, 0.2) is 54.0 Å². The van der Waals surface area contributed by atoms with E-state index < -0.39 is 0 Å². The maximum atomic E-state index is 11.9. The number of hydrogen-bond donors (Lipinski definition) is 1. The number of anilines is 1. The fraction of sp³-hybridized carbons (Fsp3) is 0.200. The van der Waals surface area contributed by atoms with Crippen molar-refractivity contribution in [2.24, 2.45) is 7.05 Å². The van der Waals surface area contributed by atoms with E-state index >= 15 is 0 Å². The molecule has 0 bridgehead atoms. The molecular formula is C15H15ClN6O. The van der Waals surface area contributed by atoms with Gasteiger partial charge in [0.05, 0.1) is 24.5 Å². The summed E-state index contributed by atoms with van der Waals surface area (Å²) in [7, 11) is 1.56. The summed E-state index contributed by atoms with van der Waals surface area (Å²) in [4.78, 5) is 15.9. The van der Waals surface area contributed by atoms with Crippen molar-refractivity contribution in [3.8, 4) is 0 Å². The quantitative estimate of drug-likeness (QED) is 0.773. The van der Waals surface area contributed by atoms with Crippen LogP contribution >= 0.6 is 11.6 Å². The van der Waals surface area contributed by atoms with Crippen LogP contribution in [0.5, 0.6) is 0 Å². The second-order valence-electron chi connectivity index (χ2n) is 5.03. The van der Waals surface area contributed by atoms with E-state index in [1.807, 2.05) is 30.3 Å². The summed E-state index contributed by atoms with van der Waals surface area (Å²) in [5.74, 6) is 0. The predicted molar refractivity (Wildman–Crippen MR) is 87.3 cm³/mol. The van der Waals surface area contributed by atoms with Gasteiger partial charge in [0.2, 0.25) is 0 Å². The van der Waals surface area contributed by atoms with E-state index in [9.17, 15) is 4.79 Å². The lowest BCUT2D eigenvalue weighted by atomic mass is 10.1. The fourth-order valence-corrected chi connectivity index (χ4v) is 2.46. The first-order valence-electron chi connectivity index (χ1n) is 7.01. The Balaban J connectivity index is 1.93. The van der Waals surface area contributed by atoms with E-state index in [0.717, 1.165) is 5.56 Å². The van der Waals surface area contributed by atoms with E-state index in [1.165, 1.54) is 11.0 Å². The second kappa shape index (κ2) is 6.62. The highest BCUT2D eigenvalue weighted by atomic mass is 35.5. The van der Waals surface area contributed by atoms with Crippen LogP contribution in [0, 0.1) is 0 Å². The van der Waals surface area contributed by atoms with Gasteiger partial charge in [-0.1, -0.05) is 41.9 Å². The number of aromatic nitrogens is 5. The molecule has 7 nitrogen and oxygen atoms in total. The SMILES string of the molecule is Cn1ncc(N[C@H](Cn2cncn2)c2ccccc2)c(Cl)c1=O. The zero-order valence-electron chi connectivity index (χ0n) is 12.4. The lowest BCUT2D eigenvalue weighted by Crippen LogP contribution is -2.24. The first kappa shape index (κ1) is 15.2. The van der Waals surface area contributed by atoms with Gasteiger partial charge < -0.3 is 5.32 Å². The van der Waals surface area contributed by atoms with Gasteiger partial charge in [-0.3, -0.25) is 9.48 Å². The van der Waals surface area contributed by atoms with Crippen molar-refractivity contribution in [3.05, 3.63) is 70.1 Å². The minimum atomic E-state index is -0.343. The molecule has 0 fully saturated rings. The first-order chi connectivity index (χ1) is 11.1. The Morgan fingerprint density at radius 3 is 2.74 bits per heavy atom. The molecule has 23 heavy (non-hydrogen) atoms. The third kappa shape index (κ3) is 3.40. The third-order valence-electron chi connectivity index (χ3n) is 3.45. The van der Waals surface area contributed by atoms with Gasteiger partial charge in [-0.05, 0) is 5.56 Å². The number of benzene rings is 1. The molecule has 0 amide bonds. The smallest absolute Gasteiger partial charge is 0.287 e. The predicted octanol–water partition coefficient (Wildman–Crippen LogP) is 1.88. The molecule has 8 heteroatoms. The van der Waals surface area contributed by atoms with Crippen LogP contribution in [0.3, 0.4) is 0 Å². The lowest BCUT2D eigenvalue weighted by molar-refractivity contribution is 0.549. The van der Waals surface area contributed by atoms with Crippen LogP contribution in [0.25, 0.3) is 0 Å². The highest BCUT2D eigenvalue weighted by Gasteiger charge is 2.16. The summed E-state index contributed by atoms with van der Waals surface area (Å²) in [6.07, 6.45) is 4.66. The van der Waals surface area contributed by atoms with Crippen LogP contribution in [0.4, 0.5) is 5.69 Å². The van der Waals surface area contributed by atoms with Gasteiger partial charge >= 0.3 is 0 Å². The van der Waals surface area contributed by atoms with Gasteiger partial charge in [-0.2, -0.15) is 10.2 Å². The summed E-state index contributed by atoms with van der Waals surface area (Å²) in [5.41, 5.74) is 1.19. The third-order valence-corrected chi connectivity index (χ3v) is 3.81. The molecule has 0 aliphatic rings. The summed E-state index contributed by atoms with van der Waals surface area (Å²) >= 11 is 6.14. The highest BCUT2D eigenvalue weighted by Crippen LogP contribution is 2.24. The lowest BCUT2D eigenvalue weighted by Gasteiger charge is -2.20. The first-order valence-corrected chi connectivity index (χ1v) is 7.38. The molecule has 0 aliphatic heterocycles. The van der Waals surface area contributed by atoms with Gasteiger partial charge in [0, 0.05) is 7.05 Å². The van der Waals surface area contributed by atoms with Gasteiger partial charge in [-0.25, -0.2) is 9.67 Å². The molecular weight excluding hydrogens is 316 g/mol. The zero-order chi connectivity index (χ0) is 16.2. The van der Waals surface area contributed by atoms with E-state index in [0.29, 0.717) is 12.2 Å². The van der Waals surface area contributed by atoms with Crippen LogP contribution in [0.1, 0.15) is 11.6 Å². The maximum absolute atomic E-state index is 11.9. The Kier molecular flexibility index (Phi) is 4.38. The molecule has 3 rings (SSSR count). The van der Waals surface area contributed by atoms with E-state index in [1.54, 1.807) is 24.3 Å². The molecule has 3 aromatic rings. The minimum Gasteiger partial charge on any atom is -0.374 e. The van der Waals surface area contributed by atoms with Crippen molar-refractivity contribution >= 4 is 17.3 Å². The van der Waals surface area contributed by atoms with Gasteiger partial charge in [0.25, 0.3) is 5.56 Å². The van der Waals surface area contributed by atoms with Crippen molar-refractivity contribution in [1.82, 2.24) is 24.5 Å². The molecule has 118 valence electrons.